The molecule has 286 valence electrons. The van der Waals surface area contributed by atoms with E-state index >= 15 is 0 Å². The van der Waals surface area contributed by atoms with Gasteiger partial charge >= 0.3 is 19.8 Å². The minimum atomic E-state index is -4.36. The fraction of sp³-hybridized carbons (Fsp3) is 0.947. The first-order valence-corrected chi connectivity index (χ1v) is 21.3. The summed E-state index contributed by atoms with van der Waals surface area (Å²) < 4.78 is 34.2. The van der Waals surface area contributed by atoms with Crippen LogP contribution in [0, 0.1) is 0 Å². The standard InChI is InChI=1S/C38H76NO8P/c1-6-8-10-12-14-16-18-20-22-24-26-28-30-37(40)44-34-36(35-46-48(42,43)45-33-32-39(3,4)5)47-38(41)31-29-27-25-23-21-19-17-15-13-11-9-7-2/h36H,6-35H2,1-5H3/p+1. The molecule has 10 heteroatoms. The average molecular weight is 707 g/mol. The van der Waals surface area contributed by atoms with Gasteiger partial charge in [-0.25, -0.2) is 4.57 Å². The Balaban J connectivity index is 4.40. The maximum absolute atomic E-state index is 12.6. The Morgan fingerprint density at radius 1 is 0.562 bits per heavy atom. The summed E-state index contributed by atoms with van der Waals surface area (Å²) in [7, 11) is 1.49. The Bertz CT molecular complexity index is 804. The van der Waals surface area contributed by atoms with E-state index in [1.165, 1.54) is 116 Å². The summed E-state index contributed by atoms with van der Waals surface area (Å²) in [5.74, 6) is -0.790. The van der Waals surface area contributed by atoms with Gasteiger partial charge in [0.05, 0.1) is 27.7 Å². The van der Waals surface area contributed by atoms with Gasteiger partial charge in [-0.2, -0.15) is 0 Å². The van der Waals surface area contributed by atoms with E-state index in [-0.39, 0.29) is 25.6 Å². The minimum absolute atomic E-state index is 0.0364. The van der Waals surface area contributed by atoms with Crippen molar-refractivity contribution < 1.29 is 42.1 Å². The fourth-order valence-electron chi connectivity index (χ4n) is 5.48. The average Bonchev–Trinajstić information content (AvgIpc) is 3.02. The van der Waals surface area contributed by atoms with Crippen LogP contribution in [0.15, 0.2) is 0 Å². The van der Waals surface area contributed by atoms with Crippen LogP contribution in [0.4, 0.5) is 0 Å². The van der Waals surface area contributed by atoms with Crippen molar-refractivity contribution in [1.29, 1.82) is 0 Å². The van der Waals surface area contributed by atoms with Crippen LogP contribution in [0.2, 0.25) is 0 Å². The van der Waals surface area contributed by atoms with Crippen molar-refractivity contribution in [3.63, 3.8) is 0 Å². The van der Waals surface area contributed by atoms with Gasteiger partial charge in [0, 0.05) is 12.8 Å². The number of likely N-dealkylation sites (N-methyl/N-ethyl adjacent to an activating group) is 1. The number of hydrogen-bond donors (Lipinski definition) is 1. The molecule has 0 fully saturated rings. The first-order chi connectivity index (χ1) is 23.0. The Morgan fingerprint density at radius 3 is 1.33 bits per heavy atom. The van der Waals surface area contributed by atoms with Gasteiger partial charge in [-0.15, -0.1) is 0 Å². The molecule has 0 aromatic heterocycles. The molecule has 0 radical (unpaired) electrons. The van der Waals surface area contributed by atoms with Crippen LogP contribution in [-0.2, 0) is 32.7 Å². The summed E-state index contributed by atoms with van der Waals surface area (Å²) in [6.45, 7) is 4.42. The molecule has 0 bridgehead atoms. The molecule has 2 atom stereocenters. The lowest BCUT2D eigenvalue weighted by Gasteiger charge is -2.24. The Kier molecular flexibility index (Phi) is 31.3. The van der Waals surface area contributed by atoms with Gasteiger partial charge in [-0.05, 0) is 12.8 Å². The van der Waals surface area contributed by atoms with E-state index in [2.05, 4.69) is 13.8 Å². The maximum Gasteiger partial charge on any atom is 0.472 e. The van der Waals surface area contributed by atoms with Gasteiger partial charge in [0.15, 0.2) is 6.10 Å². The SMILES string of the molecule is CCCCCCCCCCCCCCC(=O)OCC(COP(=O)(O)OCC[N+](C)(C)C)OC(=O)CCCCCCCCCCCCCC. The predicted molar refractivity (Wildman–Crippen MR) is 197 cm³/mol. The summed E-state index contributed by atoms with van der Waals surface area (Å²) in [5.41, 5.74) is 0. The smallest absolute Gasteiger partial charge is 0.462 e. The molecule has 0 aliphatic rings. The lowest BCUT2D eigenvalue weighted by molar-refractivity contribution is -0.870. The number of rotatable bonds is 36. The quantitative estimate of drug-likeness (QED) is 0.0297. The molecular formula is C38H77NO8P+. The lowest BCUT2D eigenvalue weighted by Crippen LogP contribution is -2.37. The van der Waals surface area contributed by atoms with E-state index in [4.69, 9.17) is 18.5 Å². The zero-order valence-corrected chi connectivity index (χ0v) is 32.9. The van der Waals surface area contributed by atoms with E-state index in [1.807, 2.05) is 21.1 Å². The minimum Gasteiger partial charge on any atom is -0.462 e. The van der Waals surface area contributed by atoms with Crippen molar-refractivity contribution in [2.75, 3.05) is 47.5 Å². The van der Waals surface area contributed by atoms with Crippen LogP contribution in [0.5, 0.6) is 0 Å². The monoisotopic (exact) mass is 707 g/mol. The van der Waals surface area contributed by atoms with Crippen LogP contribution in [0.3, 0.4) is 0 Å². The number of quaternary nitrogens is 1. The summed E-state index contributed by atoms with van der Waals surface area (Å²) in [6, 6.07) is 0. The van der Waals surface area contributed by atoms with E-state index in [0.29, 0.717) is 17.4 Å². The number of phosphoric acid groups is 1. The second-order valence-corrected chi connectivity index (χ2v) is 16.1. The molecule has 48 heavy (non-hydrogen) atoms. The number of hydrogen-bond acceptors (Lipinski definition) is 7. The van der Waals surface area contributed by atoms with E-state index in [9.17, 15) is 19.0 Å². The van der Waals surface area contributed by atoms with Crippen molar-refractivity contribution in [2.45, 2.75) is 187 Å². The molecule has 0 amide bonds. The zero-order chi connectivity index (χ0) is 35.8. The highest BCUT2D eigenvalue weighted by molar-refractivity contribution is 7.47. The number of phosphoric ester groups is 1. The van der Waals surface area contributed by atoms with Gasteiger partial charge in [0.1, 0.15) is 19.8 Å². The molecule has 9 nitrogen and oxygen atoms in total. The number of ether oxygens (including phenoxy) is 2. The first-order valence-electron chi connectivity index (χ1n) is 19.8. The number of unbranched alkanes of at least 4 members (excludes halogenated alkanes) is 22. The van der Waals surface area contributed by atoms with Gasteiger partial charge in [-0.1, -0.05) is 155 Å². The van der Waals surface area contributed by atoms with Crippen molar-refractivity contribution in [1.82, 2.24) is 0 Å². The van der Waals surface area contributed by atoms with Crippen LogP contribution in [0.1, 0.15) is 181 Å². The molecular weight excluding hydrogens is 629 g/mol. The van der Waals surface area contributed by atoms with Gasteiger partial charge in [-0.3, -0.25) is 18.6 Å². The van der Waals surface area contributed by atoms with E-state index in [1.54, 1.807) is 0 Å². The third kappa shape index (κ3) is 34.9. The molecule has 0 heterocycles. The third-order valence-electron chi connectivity index (χ3n) is 8.64. The van der Waals surface area contributed by atoms with Crippen LogP contribution in [0.25, 0.3) is 0 Å². The molecule has 0 saturated carbocycles. The normalized spacial score (nSPS) is 13.7. The van der Waals surface area contributed by atoms with Crippen molar-refractivity contribution in [3.05, 3.63) is 0 Å². The van der Waals surface area contributed by atoms with Crippen molar-refractivity contribution in [3.8, 4) is 0 Å². The topological polar surface area (TPSA) is 108 Å². The van der Waals surface area contributed by atoms with Gasteiger partial charge < -0.3 is 18.9 Å². The molecule has 2 unspecified atom stereocenters. The summed E-state index contributed by atoms with van der Waals surface area (Å²) in [5, 5.41) is 0. The number of carbonyl (C=O) groups is 2. The second kappa shape index (κ2) is 32.0. The highest BCUT2D eigenvalue weighted by Gasteiger charge is 2.27. The first kappa shape index (κ1) is 47.0. The molecule has 0 aromatic carbocycles. The largest absolute Gasteiger partial charge is 0.472 e. The summed E-state index contributed by atoms with van der Waals surface area (Å²) in [6.07, 6.45) is 28.5. The number of nitrogens with zero attached hydrogens (tertiary/aromatic N) is 1. The summed E-state index contributed by atoms with van der Waals surface area (Å²) >= 11 is 0. The fourth-order valence-corrected chi connectivity index (χ4v) is 6.23. The van der Waals surface area contributed by atoms with Crippen LogP contribution < -0.4 is 0 Å². The Morgan fingerprint density at radius 2 is 0.938 bits per heavy atom. The molecule has 1 N–H and O–H groups in total. The highest BCUT2D eigenvalue weighted by atomic mass is 31.2. The van der Waals surface area contributed by atoms with E-state index < -0.39 is 26.5 Å². The molecule has 0 rings (SSSR count). The highest BCUT2D eigenvalue weighted by Crippen LogP contribution is 2.43. The molecule has 0 aromatic rings. The lowest BCUT2D eigenvalue weighted by atomic mass is 10.0. The molecule has 0 saturated heterocycles. The third-order valence-corrected chi connectivity index (χ3v) is 9.62. The summed E-state index contributed by atoms with van der Waals surface area (Å²) in [4.78, 5) is 35.1. The van der Waals surface area contributed by atoms with Crippen LogP contribution in [-0.4, -0.2) is 74.9 Å². The molecule has 0 spiro atoms. The molecule has 0 aliphatic heterocycles. The predicted octanol–water partition coefficient (Wildman–Crippen LogP) is 10.5. The van der Waals surface area contributed by atoms with Crippen molar-refractivity contribution in [2.24, 2.45) is 0 Å². The number of carbonyl (C=O) groups excluding carboxylic acids is 2. The molecule has 0 aliphatic carbocycles. The zero-order valence-electron chi connectivity index (χ0n) is 32.0. The van der Waals surface area contributed by atoms with Gasteiger partial charge in [0.25, 0.3) is 0 Å². The number of esters is 2. The van der Waals surface area contributed by atoms with Crippen molar-refractivity contribution >= 4 is 19.8 Å². The van der Waals surface area contributed by atoms with E-state index in [0.717, 1.165) is 38.5 Å². The second-order valence-electron chi connectivity index (χ2n) is 14.7. The van der Waals surface area contributed by atoms with Gasteiger partial charge in [0.2, 0.25) is 0 Å². The Labute approximate surface area is 295 Å². The van der Waals surface area contributed by atoms with Crippen LogP contribution >= 0.6 is 7.82 Å². The maximum atomic E-state index is 12.6. The Hall–Kier alpha value is -0.990.